The second-order valence-electron chi connectivity index (χ2n) is 1.14. The average molecular weight is 116 g/mol. The van der Waals surface area contributed by atoms with Crippen LogP contribution in [0.4, 0.5) is 0 Å². The Hall–Kier alpha value is -0.440. The van der Waals surface area contributed by atoms with Crippen LogP contribution in [0.5, 0.6) is 0 Å². The fourth-order valence-electron chi connectivity index (χ4n) is 0.209. The zero-order chi connectivity index (χ0) is 5.70. The molecular weight excluding hydrogens is 108 g/mol. The summed E-state index contributed by atoms with van der Waals surface area (Å²) in [5, 5.41) is 0. The number of thiocarbonyl (C=S) groups is 1. The first kappa shape index (κ1) is 6.56. The van der Waals surface area contributed by atoms with Gasteiger partial charge >= 0.3 is 0 Å². The molecule has 0 aromatic rings. The van der Waals surface area contributed by atoms with Crippen LogP contribution in [0.2, 0.25) is 0 Å². The van der Waals surface area contributed by atoms with E-state index in [2.05, 4.69) is 17.2 Å². The summed E-state index contributed by atoms with van der Waals surface area (Å²) in [4.78, 5) is 5.41. The van der Waals surface area contributed by atoms with Crippen molar-refractivity contribution in [1.82, 2.24) is 4.90 Å². The zero-order valence-electron chi connectivity index (χ0n) is 4.46. The molecule has 0 fully saturated rings. The summed E-state index contributed by atoms with van der Waals surface area (Å²) in [7, 11) is 3.54. The molecule has 40 valence electrons. The molecule has 0 saturated carbocycles. The molecular formula is C4H8N2S. The highest BCUT2D eigenvalue weighted by Crippen LogP contribution is 1.65. The van der Waals surface area contributed by atoms with Crippen molar-refractivity contribution >= 4 is 24.0 Å². The minimum atomic E-state index is 1.52. The van der Waals surface area contributed by atoms with Crippen LogP contribution < -0.4 is 0 Å². The molecule has 0 atom stereocenters. The molecule has 7 heavy (non-hydrogen) atoms. The van der Waals surface area contributed by atoms with E-state index in [0.717, 1.165) is 0 Å². The van der Waals surface area contributed by atoms with E-state index in [-0.39, 0.29) is 0 Å². The Bertz CT molecular complexity index is 79.8. The van der Waals surface area contributed by atoms with E-state index < -0.39 is 0 Å². The molecule has 0 aliphatic rings. The van der Waals surface area contributed by atoms with Gasteiger partial charge in [-0.05, 0) is 0 Å². The smallest absolute Gasteiger partial charge is 0.0889 e. The third-order valence-corrected chi connectivity index (χ3v) is 0.796. The lowest BCUT2D eigenvalue weighted by Crippen LogP contribution is -2.10. The van der Waals surface area contributed by atoms with Crippen LogP contribution in [0.3, 0.4) is 0 Å². The summed E-state index contributed by atoms with van der Waals surface area (Å²) in [5.74, 6) is 0. The lowest BCUT2D eigenvalue weighted by Gasteiger charge is -1.99. The normalized spacial score (nSPS) is 9.43. The number of nitrogens with zero attached hydrogens (tertiary/aromatic N) is 2. The fourth-order valence-corrected chi connectivity index (χ4v) is 0.264. The highest BCUT2D eigenvalue weighted by Gasteiger charge is 1.74. The van der Waals surface area contributed by atoms with Crippen LogP contribution in [0.1, 0.15) is 0 Å². The Morgan fingerprint density at radius 1 is 1.71 bits per heavy atom. The van der Waals surface area contributed by atoms with E-state index in [1.165, 1.54) is 5.49 Å². The second-order valence-corrected chi connectivity index (χ2v) is 1.36. The number of rotatable bonds is 2. The van der Waals surface area contributed by atoms with E-state index in [0.29, 0.717) is 0 Å². The largest absolute Gasteiger partial charge is 0.333 e. The highest BCUT2D eigenvalue weighted by molar-refractivity contribution is 7.78. The molecule has 0 aliphatic heterocycles. The topological polar surface area (TPSA) is 15.6 Å². The monoisotopic (exact) mass is 116 g/mol. The highest BCUT2D eigenvalue weighted by atomic mass is 32.1. The van der Waals surface area contributed by atoms with E-state index in [9.17, 15) is 0 Å². The lowest BCUT2D eigenvalue weighted by molar-refractivity contribution is 0.814. The molecule has 0 unspecified atom stereocenters. The van der Waals surface area contributed by atoms with Gasteiger partial charge in [0.2, 0.25) is 0 Å². The van der Waals surface area contributed by atoms with Crippen LogP contribution >= 0.6 is 12.2 Å². The van der Waals surface area contributed by atoms with E-state index in [1.807, 2.05) is 7.05 Å². The van der Waals surface area contributed by atoms with Gasteiger partial charge in [-0.25, -0.2) is 0 Å². The molecule has 0 saturated heterocycles. The molecule has 0 N–H and O–H groups in total. The van der Waals surface area contributed by atoms with Crippen molar-refractivity contribution < 1.29 is 0 Å². The molecule has 0 amide bonds. The Balaban J connectivity index is 3.35. The van der Waals surface area contributed by atoms with Crippen LogP contribution in [0.25, 0.3) is 0 Å². The first-order valence-corrected chi connectivity index (χ1v) is 2.38. The Morgan fingerprint density at radius 3 is 2.43 bits per heavy atom. The molecule has 3 heteroatoms. The SMILES string of the molecule is CN=CN(C)C=S. The summed E-state index contributed by atoms with van der Waals surface area (Å²) >= 11 is 4.55. The van der Waals surface area contributed by atoms with Gasteiger partial charge in [-0.15, -0.1) is 0 Å². The number of aliphatic imine (C=N–C) groups is 1. The van der Waals surface area contributed by atoms with Crippen LogP contribution in [-0.4, -0.2) is 30.8 Å². The summed E-state index contributed by atoms with van der Waals surface area (Å²) in [6.07, 6.45) is 1.65. The molecule has 0 aromatic heterocycles. The second kappa shape index (κ2) is 3.74. The third-order valence-electron chi connectivity index (χ3n) is 0.464. The van der Waals surface area contributed by atoms with Gasteiger partial charge in [0.05, 0.1) is 11.8 Å². The maximum atomic E-state index is 4.55. The standard InChI is InChI=1S/C4H8N2S/c1-5-3-6(2)4-7/h3-4H,1-2H3. The van der Waals surface area contributed by atoms with Crippen LogP contribution in [0.15, 0.2) is 4.99 Å². The molecule has 0 aliphatic carbocycles. The predicted molar refractivity (Wildman–Crippen MR) is 35.8 cm³/mol. The van der Waals surface area contributed by atoms with Crippen molar-refractivity contribution in [2.24, 2.45) is 4.99 Å². The van der Waals surface area contributed by atoms with Gasteiger partial charge in [-0.3, -0.25) is 4.99 Å². The minimum Gasteiger partial charge on any atom is -0.333 e. The van der Waals surface area contributed by atoms with Crippen LogP contribution in [-0.2, 0) is 0 Å². The maximum Gasteiger partial charge on any atom is 0.0889 e. The Labute approximate surface area is 48.8 Å². The van der Waals surface area contributed by atoms with Crippen molar-refractivity contribution in [2.75, 3.05) is 14.1 Å². The van der Waals surface area contributed by atoms with Gasteiger partial charge in [-0.1, -0.05) is 12.2 Å². The van der Waals surface area contributed by atoms with Crippen molar-refractivity contribution in [3.63, 3.8) is 0 Å². The molecule has 0 rings (SSSR count). The molecule has 0 radical (unpaired) electrons. The van der Waals surface area contributed by atoms with Crippen LogP contribution in [0, 0.1) is 0 Å². The molecule has 0 aromatic carbocycles. The maximum absolute atomic E-state index is 4.55. The quantitative estimate of drug-likeness (QED) is 0.297. The van der Waals surface area contributed by atoms with Crippen molar-refractivity contribution in [3.05, 3.63) is 0 Å². The van der Waals surface area contributed by atoms with E-state index in [4.69, 9.17) is 0 Å². The number of hydrogen-bond donors (Lipinski definition) is 0. The van der Waals surface area contributed by atoms with Crippen molar-refractivity contribution in [1.29, 1.82) is 0 Å². The molecule has 0 heterocycles. The molecule has 0 bridgehead atoms. The molecule has 0 spiro atoms. The average Bonchev–Trinajstić information content (AvgIpc) is 1.68. The van der Waals surface area contributed by atoms with Crippen molar-refractivity contribution in [2.45, 2.75) is 0 Å². The number of hydrogen-bond acceptors (Lipinski definition) is 2. The van der Waals surface area contributed by atoms with Crippen molar-refractivity contribution in [3.8, 4) is 0 Å². The first-order chi connectivity index (χ1) is 3.31. The van der Waals surface area contributed by atoms with Gasteiger partial charge < -0.3 is 4.90 Å². The summed E-state index contributed by atoms with van der Waals surface area (Å²) in [6, 6.07) is 0. The summed E-state index contributed by atoms with van der Waals surface area (Å²) in [6.45, 7) is 0. The minimum absolute atomic E-state index is 1.52. The predicted octanol–water partition coefficient (Wildman–Crippen LogP) is 0.533. The first-order valence-electron chi connectivity index (χ1n) is 1.90. The molecule has 2 nitrogen and oxygen atoms in total. The fraction of sp³-hybridized carbons (Fsp3) is 0.500. The van der Waals surface area contributed by atoms with Gasteiger partial charge in [0.1, 0.15) is 0 Å². The third kappa shape index (κ3) is 3.39. The van der Waals surface area contributed by atoms with E-state index >= 15 is 0 Å². The summed E-state index contributed by atoms with van der Waals surface area (Å²) < 4.78 is 0. The van der Waals surface area contributed by atoms with Gasteiger partial charge in [-0.2, -0.15) is 0 Å². The van der Waals surface area contributed by atoms with Gasteiger partial charge in [0.25, 0.3) is 0 Å². The van der Waals surface area contributed by atoms with Gasteiger partial charge in [0.15, 0.2) is 0 Å². The lowest BCUT2D eigenvalue weighted by atomic mass is 10.9. The Kier molecular flexibility index (Phi) is 3.50. The van der Waals surface area contributed by atoms with Gasteiger partial charge in [0, 0.05) is 14.1 Å². The van der Waals surface area contributed by atoms with E-state index in [1.54, 1.807) is 18.3 Å². The Morgan fingerprint density at radius 2 is 2.29 bits per heavy atom. The summed E-state index contributed by atoms with van der Waals surface area (Å²) in [5.41, 5.74) is 1.52. The zero-order valence-corrected chi connectivity index (χ0v) is 5.27.